The first-order chi connectivity index (χ1) is 6.72. The molecule has 1 aromatic heterocycles. The van der Waals surface area contributed by atoms with E-state index in [4.69, 9.17) is 11.6 Å². The van der Waals surface area contributed by atoms with Gasteiger partial charge >= 0.3 is 0 Å². The first-order valence-electron chi connectivity index (χ1n) is 4.67. The van der Waals surface area contributed by atoms with Crippen LogP contribution in [0, 0.1) is 0 Å². The lowest BCUT2D eigenvalue weighted by molar-refractivity contribution is 0.770. The molecule has 1 aromatic rings. The van der Waals surface area contributed by atoms with Crippen molar-refractivity contribution in [2.45, 2.75) is 26.3 Å². The van der Waals surface area contributed by atoms with Crippen LogP contribution in [0.4, 0.5) is 5.13 Å². The molecule has 1 heterocycles. The minimum absolute atomic E-state index is 0.469. The first kappa shape index (κ1) is 12.1. The lowest BCUT2D eigenvalue weighted by Gasteiger charge is -2.11. The molecule has 80 valence electrons. The second-order valence-electron chi connectivity index (χ2n) is 3.01. The topological polar surface area (TPSA) is 24.9 Å². The zero-order chi connectivity index (χ0) is 10.4. The molecule has 0 aliphatic carbocycles. The molecule has 1 unspecified atom stereocenters. The Bertz CT molecular complexity index is 265. The minimum atomic E-state index is 0.469. The standard InChI is InChI=1S/C9H15ClN2S2/c1-3-13-5-4-7(2)11-9-12-8(10)6-14-9/h6-7H,3-5H2,1-2H3,(H,11,12). The van der Waals surface area contributed by atoms with E-state index in [1.54, 1.807) is 11.3 Å². The number of aromatic nitrogens is 1. The third-order valence-electron chi connectivity index (χ3n) is 1.75. The Kier molecular flexibility index (Phi) is 5.67. The highest BCUT2D eigenvalue weighted by Crippen LogP contribution is 2.20. The van der Waals surface area contributed by atoms with Crippen molar-refractivity contribution in [3.8, 4) is 0 Å². The summed E-state index contributed by atoms with van der Waals surface area (Å²) in [6.45, 7) is 4.36. The van der Waals surface area contributed by atoms with Crippen molar-refractivity contribution in [3.05, 3.63) is 10.5 Å². The van der Waals surface area contributed by atoms with Gasteiger partial charge in [-0.2, -0.15) is 11.8 Å². The fourth-order valence-electron chi connectivity index (χ4n) is 1.01. The van der Waals surface area contributed by atoms with Crippen molar-refractivity contribution in [3.63, 3.8) is 0 Å². The van der Waals surface area contributed by atoms with Crippen LogP contribution in [-0.4, -0.2) is 22.5 Å². The van der Waals surface area contributed by atoms with E-state index in [1.165, 1.54) is 11.5 Å². The average Bonchev–Trinajstić information content (AvgIpc) is 2.52. The second-order valence-corrected chi connectivity index (χ2v) is 5.65. The molecule has 1 N–H and O–H groups in total. The second kappa shape index (κ2) is 6.53. The van der Waals surface area contributed by atoms with E-state index in [0.717, 1.165) is 11.6 Å². The molecule has 0 aliphatic rings. The van der Waals surface area contributed by atoms with E-state index in [1.807, 2.05) is 17.1 Å². The number of thioether (sulfide) groups is 1. The first-order valence-corrected chi connectivity index (χ1v) is 7.09. The predicted octanol–water partition coefficient (Wildman–Crippen LogP) is 3.74. The van der Waals surface area contributed by atoms with Crippen molar-refractivity contribution in [2.24, 2.45) is 0 Å². The molecule has 0 saturated carbocycles. The number of halogens is 1. The summed E-state index contributed by atoms with van der Waals surface area (Å²) < 4.78 is 0. The van der Waals surface area contributed by atoms with Gasteiger partial charge in [0.15, 0.2) is 5.13 Å². The predicted molar refractivity (Wildman–Crippen MR) is 67.8 cm³/mol. The minimum Gasteiger partial charge on any atom is -0.359 e. The van der Waals surface area contributed by atoms with Crippen LogP contribution in [-0.2, 0) is 0 Å². The van der Waals surface area contributed by atoms with Crippen molar-refractivity contribution in [1.82, 2.24) is 4.98 Å². The average molecular weight is 251 g/mol. The van der Waals surface area contributed by atoms with Crippen LogP contribution < -0.4 is 5.32 Å². The van der Waals surface area contributed by atoms with Crippen molar-refractivity contribution < 1.29 is 0 Å². The van der Waals surface area contributed by atoms with E-state index in [2.05, 4.69) is 24.1 Å². The number of nitrogens with zero attached hydrogens (tertiary/aromatic N) is 1. The van der Waals surface area contributed by atoms with Crippen LogP contribution in [0.3, 0.4) is 0 Å². The molecule has 2 nitrogen and oxygen atoms in total. The Labute approximate surface area is 98.5 Å². The van der Waals surface area contributed by atoms with Crippen molar-refractivity contribution in [1.29, 1.82) is 0 Å². The molecule has 1 atom stereocenters. The largest absolute Gasteiger partial charge is 0.359 e. The molecule has 0 aromatic carbocycles. The van der Waals surface area contributed by atoms with E-state index < -0.39 is 0 Å². The van der Waals surface area contributed by atoms with Gasteiger partial charge in [0.2, 0.25) is 0 Å². The zero-order valence-electron chi connectivity index (χ0n) is 8.42. The highest BCUT2D eigenvalue weighted by molar-refractivity contribution is 7.99. The third-order valence-corrected chi connectivity index (χ3v) is 3.77. The molecule has 0 amide bonds. The molecule has 0 bridgehead atoms. The summed E-state index contributed by atoms with van der Waals surface area (Å²) in [4.78, 5) is 4.14. The summed E-state index contributed by atoms with van der Waals surface area (Å²) in [5, 5.41) is 6.67. The monoisotopic (exact) mass is 250 g/mol. The molecule has 0 saturated heterocycles. The normalized spacial score (nSPS) is 12.8. The number of thiazole rings is 1. The molecule has 0 fully saturated rings. The molecule has 0 spiro atoms. The Morgan fingerprint density at radius 1 is 1.71 bits per heavy atom. The Hall–Kier alpha value is 0.0700. The molecular formula is C9H15ClN2S2. The van der Waals surface area contributed by atoms with E-state index in [0.29, 0.717) is 11.2 Å². The van der Waals surface area contributed by atoms with E-state index in [-0.39, 0.29) is 0 Å². The third kappa shape index (κ3) is 4.53. The van der Waals surface area contributed by atoms with Gasteiger partial charge in [-0.05, 0) is 24.9 Å². The van der Waals surface area contributed by atoms with E-state index >= 15 is 0 Å². The van der Waals surface area contributed by atoms with Gasteiger partial charge in [0.05, 0.1) is 0 Å². The molecule has 0 radical (unpaired) electrons. The highest BCUT2D eigenvalue weighted by Gasteiger charge is 2.04. The van der Waals surface area contributed by atoms with Crippen LogP contribution in [0.15, 0.2) is 5.38 Å². The SMILES string of the molecule is CCSCCC(C)Nc1nc(Cl)cs1. The lowest BCUT2D eigenvalue weighted by atomic mass is 10.3. The summed E-state index contributed by atoms with van der Waals surface area (Å²) >= 11 is 9.25. The van der Waals surface area contributed by atoms with Gasteiger partial charge in [-0.1, -0.05) is 18.5 Å². The molecular weight excluding hydrogens is 236 g/mol. The van der Waals surface area contributed by atoms with Crippen LogP contribution in [0.2, 0.25) is 5.15 Å². The Morgan fingerprint density at radius 2 is 2.50 bits per heavy atom. The maximum absolute atomic E-state index is 5.73. The maximum atomic E-state index is 5.73. The van der Waals surface area contributed by atoms with Crippen LogP contribution >= 0.6 is 34.7 Å². The Morgan fingerprint density at radius 3 is 3.07 bits per heavy atom. The van der Waals surface area contributed by atoms with Crippen LogP contribution in [0.5, 0.6) is 0 Å². The highest BCUT2D eigenvalue weighted by atomic mass is 35.5. The van der Waals surface area contributed by atoms with Gasteiger partial charge < -0.3 is 5.32 Å². The summed E-state index contributed by atoms with van der Waals surface area (Å²) in [5.74, 6) is 2.39. The number of hydrogen-bond donors (Lipinski definition) is 1. The van der Waals surface area contributed by atoms with Crippen LogP contribution in [0.1, 0.15) is 20.3 Å². The van der Waals surface area contributed by atoms with Crippen LogP contribution in [0.25, 0.3) is 0 Å². The Balaban J connectivity index is 2.23. The molecule has 1 rings (SSSR count). The summed E-state index contributed by atoms with van der Waals surface area (Å²) in [6.07, 6.45) is 1.16. The molecule has 0 aliphatic heterocycles. The van der Waals surface area contributed by atoms with Gasteiger partial charge in [0.1, 0.15) is 5.15 Å². The lowest BCUT2D eigenvalue weighted by Crippen LogP contribution is -2.15. The van der Waals surface area contributed by atoms with Gasteiger partial charge in [0, 0.05) is 11.4 Å². The van der Waals surface area contributed by atoms with Crippen molar-refractivity contribution in [2.75, 3.05) is 16.8 Å². The molecule has 5 heteroatoms. The zero-order valence-corrected chi connectivity index (χ0v) is 10.8. The van der Waals surface area contributed by atoms with Gasteiger partial charge in [0.25, 0.3) is 0 Å². The summed E-state index contributed by atoms with van der Waals surface area (Å²) in [7, 11) is 0. The number of hydrogen-bond acceptors (Lipinski definition) is 4. The number of nitrogens with one attached hydrogen (secondary N) is 1. The fraction of sp³-hybridized carbons (Fsp3) is 0.667. The van der Waals surface area contributed by atoms with E-state index in [9.17, 15) is 0 Å². The number of anilines is 1. The van der Waals surface area contributed by atoms with Gasteiger partial charge in [-0.25, -0.2) is 4.98 Å². The smallest absolute Gasteiger partial charge is 0.184 e. The maximum Gasteiger partial charge on any atom is 0.184 e. The quantitative estimate of drug-likeness (QED) is 0.779. The van der Waals surface area contributed by atoms with Crippen molar-refractivity contribution >= 4 is 39.8 Å². The summed E-state index contributed by atoms with van der Waals surface area (Å²) in [6, 6.07) is 0.469. The molecule has 14 heavy (non-hydrogen) atoms. The number of rotatable bonds is 6. The van der Waals surface area contributed by atoms with Gasteiger partial charge in [-0.3, -0.25) is 0 Å². The fourth-order valence-corrected chi connectivity index (χ4v) is 2.77. The summed E-state index contributed by atoms with van der Waals surface area (Å²) in [5.41, 5.74) is 0. The van der Waals surface area contributed by atoms with Gasteiger partial charge in [-0.15, -0.1) is 11.3 Å².